The van der Waals surface area contributed by atoms with Crippen molar-refractivity contribution in [2.24, 2.45) is 0 Å². The van der Waals surface area contributed by atoms with Gasteiger partial charge in [-0.2, -0.15) is 0 Å². The van der Waals surface area contributed by atoms with Crippen LogP contribution >= 0.6 is 11.6 Å². The van der Waals surface area contributed by atoms with E-state index in [1.54, 1.807) is 0 Å². The van der Waals surface area contributed by atoms with Gasteiger partial charge < -0.3 is 15.3 Å². The molecule has 1 aromatic rings. The van der Waals surface area contributed by atoms with E-state index in [-0.39, 0.29) is 0 Å². The molecule has 3 rings (SSSR count). The molecule has 0 bridgehead atoms. The molecule has 0 aromatic heterocycles. The summed E-state index contributed by atoms with van der Waals surface area (Å²) in [7, 11) is 0. The first-order valence-corrected chi connectivity index (χ1v) is 8.41. The lowest BCUT2D eigenvalue weighted by atomic mass is 9.98. The molecule has 1 unspecified atom stereocenters. The van der Waals surface area contributed by atoms with E-state index in [0.29, 0.717) is 6.04 Å². The van der Waals surface area contributed by atoms with E-state index in [1.807, 2.05) is 19.1 Å². The summed E-state index contributed by atoms with van der Waals surface area (Å²) < 4.78 is 0. The fourth-order valence-corrected chi connectivity index (χ4v) is 3.29. The zero-order chi connectivity index (χ0) is 14.9. The highest BCUT2D eigenvalue weighted by Crippen LogP contribution is 2.32. The fourth-order valence-electron chi connectivity index (χ4n) is 3.06. The number of anilines is 1. The summed E-state index contributed by atoms with van der Waals surface area (Å²) in [5.74, 6) is 0. The summed E-state index contributed by atoms with van der Waals surface area (Å²) in [5.41, 5.74) is 1.90. The molecule has 3 nitrogen and oxygen atoms in total. The third-order valence-electron chi connectivity index (χ3n) is 4.64. The van der Waals surface area contributed by atoms with Crippen molar-refractivity contribution in [1.29, 1.82) is 0 Å². The van der Waals surface area contributed by atoms with Crippen LogP contribution in [0, 0.1) is 0 Å². The number of nitrogens with zero attached hydrogens (tertiary/aromatic N) is 1. The molecule has 0 amide bonds. The Kier molecular flexibility index (Phi) is 4.43. The second kappa shape index (κ2) is 6.15. The van der Waals surface area contributed by atoms with E-state index in [2.05, 4.69) is 16.3 Å². The number of halogens is 1. The van der Waals surface area contributed by atoms with Crippen LogP contribution in [0.1, 0.15) is 44.6 Å². The lowest BCUT2D eigenvalue weighted by Gasteiger charge is -2.27. The van der Waals surface area contributed by atoms with Crippen LogP contribution in [0.3, 0.4) is 0 Å². The minimum absolute atomic E-state index is 0.528. The second-order valence-corrected chi connectivity index (χ2v) is 7.14. The molecule has 2 N–H and O–H groups in total. The van der Waals surface area contributed by atoms with Crippen LogP contribution in [-0.4, -0.2) is 29.8 Å². The maximum Gasteiger partial charge on any atom is 0.0637 e. The lowest BCUT2D eigenvalue weighted by Crippen LogP contribution is -2.29. The Balaban J connectivity index is 1.77. The van der Waals surface area contributed by atoms with Gasteiger partial charge >= 0.3 is 0 Å². The smallest absolute Gasteiger partial charge is 0.0637 e. The molecule has 1 saturated carbocycles. The summed E-state index contributed by atoms with van der Waals surface area (Å²) in [6, 6.07) is 6.85. The van der Waals surface area contributed by atoms with Gasteiger partial charge in [-0.1, -0.05) is 17.7 Å². The van der Waals surface area contributed by atoms with Crippen LogP contribution < -0.4 is 10.2 Å². The van der Waals surface area contributed by atoms with Gasteiger partial charge in [0.15, 0.2) is 0 Å². The zero-order valence-corrected chi connectivity index (χ0v) is 13.5. The topological polar surface area (TPSA) is 35.5 Å². The first-order chi connectivity index (χ1) is 10.1. The Bertz CT molecular complexity index is 500. The largest absolute Gasteiger partial charge is 0.390 e. The van der Waals surface area contributed by atoms with E-state index in [4.69, 9.17) is 11.6 Å². The van der Waals surface area contributed by atoms with Crippen LogP contribution in [0.5, 0.6) is 0 Å². The Labute approximate surface area is 132 Å². The highest BCUT2D eigenvalue weighted by atomic mass is 35.5. The van der Waals surface area contributed by atoms with Gasteiger partial charge in [0.05, 0.1) is 5.60 Å². The van der Waals surface area contributed by atoms with Crippen molar-refractivity contribution < 1.29 is 5.11 Å². The number of nitrogens with one attached hydrogen (secondary N) is 1. The van der Waals surface area contributed by atoms with Gasteiger partial charge in [-0.3, -0.25) is 0 Å². The number of hydrogen-bond donors (Lipinski definition) is 2. The van der Waals surface area contributed by atoms with Crippen LogP contribution in [0.2, 0.25) is 5.02 Å². The molecule has 1 saturated heterocycles. The molecule has 1 aliphatic heterocycles. The van der Waals surface area contributed by atoms with E-state index in [9.17, 15) is 5.11 Å². The number of benzene rings is 1. The predicted molar refractivity (Wildman–Crippen MR) is 88.0 cm³/mol. The van der Waals surface area contributed by atoms with Crippen molar-refractivity contribution in [3.63, 3.8) is 0 Å². The van der Waals surface area contributed by atoms with Crippen molar-refractivity contribution in [2.45, 2.75) is 57.2 Å². The average Bonchev–Trinajstić information content (AvgIpc) is 3.25. The second-order valence-electron chi connectivity index (χ2n) is 6.73. The van der Waals surface area contributed by atoms with Gasteiger partial charge in [-0.05, 0) is 51.2 Å². The maximum atomic E-state index is 10.3. The Morgan fingerprint density at radius 2 is 2.14 bits per heavy atom. The fraction of sp³-hybridized carbons (Fsp3) is 0.647. The van der Waals surface area contributed by atoms with Gasteiger partial charge in [-0.15, -0.1) is 0 Å². The predicted octanol–water partition coefficient (Wildman–Crippen LogP) is 3.33. The first kappa shape index (κ1) is 15.1. The van der Waals surface area contributed by atoms with Gasteiger partial charge in [-0.25, -0.2) is 0 Å². The molecule has 4 heteroatoms. The quantitative estimate of drug-likeness (QED) is 0.895. The molecule has 1 heterocycles. The summed E-state index contributed by atoms with van der Waals surface area (Å²) in [4.78, 5) is 2.39. The summed E-state index contributed by atoms with van der Waals surface area (Å²) >= 11 is 6.43. The third kappa shape index (κ3) is 3.91. The van der Waals surface area contributed by atoms with Crippen molar-refractivity contribution in [1.82, 2.24) is 5.32 Å². The number of aliphatic hydroxyl groups is 1. The van der Waals surface area contributed by atoms with Crippen LogP contribution in [0.25, 0.3) is 0 Å². The molecule has 1 aromatic carbocycles. The standard InChI is InChI=1S/C17H25ClN2O/c1-17(21)8-3-10-20(11-9-17)16-5-2-4-15(18)14(16)12-19-13-6-7-13/h2,4-5,13,19,21H,3,6-12H2,1H3. The van der Waals surface area contributed by atoms with Crippen molar-refractivity contribution in [2.75, 3.05) is 18.0 Å². The lowest BCUT2D eigenvalue weighted by molar-refractivity contribution is 0.0481. The third-order valence-corrected chi connectivity index (χ3v) is 5.00. The van der Waals surface area contributed by atoms with Gasteiger partial charge in [0, 0.05) is 41.9 Å². The number of hydrogen-bond acceptors (Lipinski definition) is 3. The molecule has 0 radical (unpaired) electrons. The van der Waals surface area contributed by atoms with Crippen LogP contribution in [0.15, 0.2) is 18.2 Å². The Hall–Kier alpha value is -0.770. The van der Waals surface area contributed by atoms with Crippen molar-refractivity contribution >= 4 is 17.3 Å². The summed E-state index contributed by atoms with van der Waals surface area (Å²) in [6.45, 7) is 4.67. The molecule has 0 spiro atoms. The van der Waals surface area contributed by atoms with Gasteiger partial charge in [0.2, 0.25) is 0 Å². The summed E-state index contributed by atoms with van der Waals surface area (Å²) in [5, 5.41) is 14.7. The van der Waals surface area contributed by atoms with E-state index in [1.165, 1.54) is 24.1 Å². The van der Waals surface area contributed by atoms with E-state index < -0.39 is 5.60 Å². The highest BCUT2D eigenvalue weighted by Gasteiger charge is 2.27. The SMILES string of the molecule is CC1(O)CCCN(c2cccc(Cl)c2CNC2CC2)CC1. The molecule has 116 valence electrons. The zero-order valence-electron chi connectivity index (χ0n) is 12.7. The van der Waals surface area contributed by atoms with Crippen LogP contribution in [-0.2, 0) is 6.54 Å². The monoisotopic (exact) mass is 308 g/mol. The van der Waals surface area contributed by atoms with E-state index in [0.717, 1.165) is 43.9 Å². The molecule has 21 heavy (non-hydrogen) atoms. The molecular formula is C17H25ClN2O. The Morgan fingerprint density at radius 3 is 2.90 bits per heavy atom. The maximum absolute atomic E-state index is 10.3. The minimum Gasteiger partial charge on any atom is -0.390 e. The molecule has 2 fully saturated rings. The first-order valence-electron chi connectivity index (χ1n) is 8.03. The minimum atomic E-state index is -0.528. The molecule has 1 atom stereocenters. The van der Waals surface area contributed by atoms with Crippen LogP contribution in [0.4, 0.5) is 5.69 Å². The van der Waals surface area contributed by atoms with Gasteiger partial charge in [0.25, 0.3) is 0 Å². The normalized spacial score (nSPS) is 26.7. The number of rotatable bonds is 4. The molecule has 1 aliphatic carbocycles. The highest BCUT2D eigenvalue weighted by molar-refractivity contribution is 6.31. The van der Waals surface area contributed by atoms with Gasteiger partial charge in [0.1, 0.15) is 0 Å². The van der Waals surface area contributed by atoms with Crippen molar-refractivity contribution in [3.8, 4) is 0 Å². The summed E-state index contributed by atoms with van der Waals surface area (Å²) in [6.07, 6.45) is 5.28. The molecular weight excluding hydrogens is 284 g/mol. The van der Waals surface area contributed by atoms with E-state index >= 15 is 0 Å². The molecule has 2 aliphatic rings. The van der Waals surface area contributed by atoms with Crippen molar-refractivity contribution in [3.05, 3.63) is 28.8 Å². The Morgan fingerprint density at radius 1 is 1.33 bits per heavy atom. The average molecular weight is 309 g/mol.